The molecular weight excluding hydrogens is 382 g/mol. The fourth-order valence-electron chi connectivity index (χ4n) is 3.31. The summed E-state index contributed by atoms with van der Waals surface area (Å²) in [7, 11) is 0. The van der Waals surface area contributed by atoms with Crippen molar-refractivity contribution < 1.29 is 0 Å². The standard InChI is InChI=1S/C23H19N3S2/c1-15-7-6-8-19(11-15)26-16(2)12-18(17(26)3)13-20(14-24)27-23-25-21-9-4-5-10-22(21)28-23/h4-13H,1-3H3/b20-13+. The fourth-order valence-corrected chi connectivity index (χ4v) is 5.28. The van der Waals surface area contributed by atoms with Crippen molar-refractivity contribution in [2.45, 2.75) is 25.1 Å². The first-order valence-corrected chi connectivity index (χ1v) is 10.6. The second-order valence-corrected chi connectivity index (χ2v) is 8.99. The third kappa shape index (κ3) is 3.62. The van der Waals surface area contributed by atoms with Gasteiger partial charge in [-0.3, -0.25) is 0 Å². The van der Waals surface area contributed by atoms with Crippen LogP contribution in [-0.4, -0.2) is 9.55 Å². The molecule has 3 nitrogen and oxygen atoms in total. The Hall–Kier alpha value is -2.81. The lowest BCUT2D eigenvalue weighted by Gasteiger charge is -2.10. The van der Waals surface area contributed by atoms with Crippen molar-refractivity contribution in [2.75, 3.05) is 0 Å². The molecule has 0 fully saturated rings. The molecule has 138 valence electrons. The monoisotopic (exact) mass is 401 g/mol. The van der Waals surface area contributed by atoms with Crippen molar-refractivity contribution in [3.63, 3.8) is 0 Å². The van der Waals surface area contributed by atoms with Crippen molar-refractivity contribution in [3.05, 3.63) is 82.0 Å². The van der Waals surface area contributed by atoms with Crippen LogP contribution in [0, 0.1) is 32.1 Å². The van der Waals surface area contributed by atoms with Crippen LogP contribution in [0.25, 0.3) is 22.0 Å². The Bertz CT molecular complexity index is 1210. The molecule has 0 bridgehead atoms. The Kier molecular flexibility index (Phi) is 5.08. The second-order valence-electron chi connectivity index (χ2n) is 6.67. The molecule has 0 unspecified atom stereocenters. The number of allylic oxidation sites excluding steroid dienone is 1. The summed E-state index contributed by atoms with van der Waals surface area (Å²) in [5, 5.41) is 9.67. The summed E-state index contributed by atoms with van der Waals surface area (Å²) >= 11 is 3.05. The number of fused-ring (bicyclic) bond motifs is 1. The lowest BCUT2D eigenvalue weighted by molar-refractivity contribution is 0.962. The zero-order valence-electron chi connectivity index (χ0n) is 15.9. The van der Waals surface area contributed by atoms with Crippen LogP contribution >= 0.6 is 23.1 Å². The van der Waals surface area contributed by atoms with Gasteiger partial charge in [0.15, 0.2) is 4.34 Å². The van der Waals surface area contributed by atoms with E-state index in [2.05, 4.69) is 72.8 Å². The average molecular weight is 402 g/mol. The van der Waals surface area contributed by atoms with Crippen molar-refractivity contribution in [1.82, 2.24) is 9.55 Å². The average Bonchev–Trinajstić information content (AvgIpc) is 3.21. The molecule has 0 amide bonds. The molecule has 4 aromatic rings. The maximum atomic E-state index is 9.67. The van der Waals surface area contributed by atoms with Crippen LogP contribution in [0.3, 0.4) is 0 Å². The van der Waals surface area contributed by atoms with E-state index in [1.54, 1.807) is 11.3 Å². The van der Waals surface area contributed by atoms with Gasteiger partial charge in [-0.2, -0.15) is 5.26 Å². The number of aryl methyl sites for hydroxylation is 2. The Balaban J connectivity index is 1.69. The topological polar surface area (TPSA) is 41.6 Å². The zero-order chi connectivity index (χ0) is 19.7. The van der Waals surface area contributed by atoms with E-state index in [9.17, 15) is 5.26 Å². The molecule has 0 radical (unpaired) electrons. The molecule has 0 saturated heterocycles. The van der Waals surface area contributed by atoms with Gasteiger partial charge < -0.3 is 4.57 Å². The van der Waals surface area contributed by atoms with Crippen LogP contribution in [0.5, 0.6) is 0 Å². The molecule has 0 atom stereocenters. The minimum atomic E-state index is 0.642. The molecule has 0 N–H and O–H groups in total. The van der Waals surface area contributed by atoms with Gasteiger partial charge in [0.2, 0.25) is 0 Å². The summed E-state index contributed by atoms with van der Waals surface area (Å²) in [6.45, 7) is 6.29. The van der Waals surface area contributed by atoms with E-state index in [-0.39, 0.29) is 0 Å². The first-order valence-electron chi connectivity index (χ1n) is 8.96. The zero-order valence-corrected chi connectivity index (χ0v) is 17.6. The van der Waals surface area contributed by atoms with Crippen LogP contribution in [0.4, 0.5) is 0 Å². The van der Waals surface area contributed by atoms with Crippen molar-refractivity contribution in [2.24, 2.45) is 0 Å². The molecule has 28 heavy (non-hydrogen) atoms. The molecular formula is C23H19N3S2. The van der Waals surface area contributed by atoms with Crippen LogP contribution in [0.1, 0.15) is 22.5 Å². The summed E-state index contributed by atoms with van der Waals surface area (Å²) in [4.78, 5) is 5.27. The number of thiazole rings is 1. The highest BCUT2D eigenvalue weighted by Crippen LogP contribution is 2.35. The Morgan fingerprint density at radius 3 is 2.68 bits per heavy atom. The normalized spacial score (nSPS) is 11.7. The number of hydrogen-bond donors (Lipinski definition) is 0. The first kappa shape index (κ1) is 18.5. The highest BCUT2D eigenvalue weighted by molar-refractivity contribution is 8.05. The number of para-hydroxylation sites is 1. The molecule has 4 rings (SSSR count). The van der Waals surface area contributed by atoms with E-state index >= 15 is 0 Å². The number of nitrogens with zero attached hydrogens (tertiary/aromatic N) is 3. The van der Waals surface area contributed by atoms with Gasteiger partial charge in [-0.1, -0.05) is 24.3 Å². The van der Waals surface area contributed by atoms with E-state index in [0.717, 1.165) is 37.2 Å². The highest BCUT2D eigenvalue weighted by Gasteiger charge is 2.12. The minimum Gasteiger partial charge on any atom is -0.318 e. The highest BCUT2D eigenvalue weighted by atomic mass is 32.2. The van der Waals surface area contributed by atoms with E-state index in [4.69, 9.17) is 0 Å². The number of aromatic nitrogens is 2. The summed E-state index contributed by atoms with van der Waals surface area (Å²) in [6.07, 6.45) is 1.96. The van der Waals surface area contributed by atoms with Crippen molar-refractivity contribution in [3.8, 4) is 11.8 Å². The van der Waals surface area contributed by atoms with Gasteiger partial charge >= 0.3 is 0 Å². The van der Waals surface area contributed by atoms with Gasteiger partial charge in [-0.05, 0) is 80.1 Å². The van der Waals surface area contributed by atoms with Gasteiger partial charge in [0.25, 0.3) is 0 Å². The summed E-state index contributed by atoms with van der Waals surface area (Å²) in [5.41, 5.74) is 6.68. The first-order chi connectivity index (χ1) is 13.5. The van der Waals surface area contributed by atoms with E-state index < -0.39 is 0 Å². The van der Waals surface area contributed by atoms with E-state index in [1.807, 2.05) is 24.3 Å². The van der Waals surface area contributed by atoms with Gasteiger partial charge in [0.1, 0.15) is 6.07 Å². The van der Waals surface area contributed by atoms with Gasteiger partial charge in [-0.15, -0.1) is 11.3 Å². The predicted octanol–water partition coefficient (Wildman–Crippen LogP) is 6.67. The molecule has 0 aliphatic rings. The number of benzene rings is 2. The van der Waals surface area contributed by atoms with Crippen LogP contribution in [-0.2, 0) is 0 Å². The molecule has 0 aliphatic heterocycles. The third-order valence-corrected chi connectivity index (χ3v) is 6.62. The largest absolute Gasteiger partial charge is 0.318 e. The Morgan fingerprint density at radius 2 is 1.93 bits per heavy atom. The number of nitriles is 1. The van der Waals surface area contributed by atoms with Gasteiger partial charge in [-0.25, -0.2) is 4.98 Å². The maximum absolute atomic E-state index is 9.67. The minimum absolute atomic E-state index is 0.642. The van der Waals surface area contributed by atoms with Crippen LogP contribution in [0.15, 0.2) is 63.8 Å². The van der Waals surface area contributed by atoms with Gasteiger partial charge in [0, 0.05) is 17.1 Å². The van der Waals surface area contributed by atoms with Crippen LogP contribution < -0.4 is 0 Å². The molecule has 0 spiro atoms. The quantitative estimate of drug-likeness (QED) is 0.283. The lowest BCUT2D eigenvalue weighted by atomic mass is 10.2. The number of hydrogen-bond acceptors (Lipinski definition) is 4. The van der Waals surface area contributed by atoms with E-state index in [1.165, 1.54) is 17.3 Å². The summed E-state index contributed by atoms with van der Waals surface area (Å²) < 4.78 is 4.26. The van der Waals surface area contributed by atoms with Gasteiger partial charge in [0.05, 0.1) is 15.1 Å². The number of thioether (sulfide) groups is 1. The Morgan fingerprint density at radius 1 is 1.11 bits per heavy atom. The second kappa shape index (κ2) is 7.67. The third-order valence-electron chi connectivity index (χ3n) is 4.60. The van der Waals surface area contributed by atoms with Crippen LogP contribution in [0.2, 0.25) is 0 Å². The maximum Gasteiger partial charge on any atom is 0.156 e. The molecule has 0 aliphatic carbocycles. The summed E-state index contributed by atoms with van der Waals surface area (Å²) in [6, 6.07) is 21.0. The smallest absolute Gasteiger partial charge is 0.156 e. The molecule has 2 heterocycles. The summed E-state index contributed by atoms with van der Waals surface area (Å²) in [5.74, 6) is 0. The molecule has 2 aromatic heterocycles. The lowest BCUT2D eigenvalue weighted by Crippen LogP contribution is -1.99. The van der Waals surface area contributed by atoms with E-state index in [0.29, 0.717) is 4.91 Å². The molecule has 0 saturated carbocycles. The fraction of sp³-hybridized carbons (Fsp3) is 0.130. The SMILES string of the molecule is Cc1cccc(-n2c(C)cc(/C=C(\C#N)Sc3nc4ccccc4s3)c2C)c1. The van der Waals surface area contributed by atoms with Crippen molar-refractivity contribution >= 4 is 39.4 Å². The Labute approximate surface area is 173 Å². The molecule has 2 aromatic carbocycles. The van der Waals surface area contributed by atoms with Crippen molar-refractivity contribution in [1.29, 1.82) is 5.26 Å². The number of rotatable bonds is 4. The predicted molar refractivity (Wildman–Crippen MR) is 119 cm³/mol. The molecule has 5 heteroatoms.